The molecule has 1 saturated carbocycles. The lowest BCUT2D eigenvalue weighted by atomic mass is 9.75. The minimum atomic E-state index is 0.615. The average Bonchev–Trinajstić information content (AvgIpc) is 2.28. The highest BCUT2D eigenvalue weighted by molar-refractivity contribution is 6.08. The molecule has 1 rings (SSSR count). The zero-order valence-electron chi connectivity index (χ0n) is 9.86. The molecule has 0 N–H and O–H groups in total. The van der Waals surface area contributed by atoms with Gasteiger partial charge in [-0.15, -0.1) is 0 Å². The van der Waals surface area contributed by atoms with E-state index in [0.717, 1.165) is 6.32 Å². The van der Waals surface area contributed by atoms with Crippen LogP contribution in [0, 0.1) is 5.41 Å². The molecule has 2 radical (unpaired) electrons. The minimum absolute atomic E-state index is 0.615. The van der Waals surface area contributed by atoms with Gasteiger partial charge in [0.1, 0.15) is 0 Å². The molecule has 0 heterocycles. The molecule has 1 aliphatic carbocycles. The van der Waals surface area contributed by atoms with Gasteiger partial charge in [-0.1, -0.05) is 58.2 Å². The second-order valence-electron chi connectivity index (χ2n) is 5.32. The van der Waals surface area contributed by atoms with Crippen LogP contribution in [-0.2, 0) is 0 Å². The normalized spacial score (nSPS) is 23.5. The Bertz CT molecular complexity index is 132. The Balaban J connectivity index is 2.36. The summed E-state index contributed by atoms with van der Waals surface area (Å²) in [6, 6.07) is 0. The molecule has 1 aliphatic rings. The molecule has 0 unspecified atom stereocenters. The summed E-state index contributed by atoms with van der Waals surface area (Å²) in [6.07, 6.45) is 15.0. The van der Waals surface area contributed by atoms with Crippen molar-refractivity contribution in [1.29, 1.82) is 0 Å². The van der Waals surface area contributed by atoms with Crippen LogP contribution in [0.25, 0.3) is 0 Å². The monoisotopic (exact) mass is 192 g/mol. The Morgan fingerprint density at radius 2 is 1.43 bits per heavy atom. The highest BCUT2D eigenvalue weighted by atomic mass is 14.3. The average molecular weight is 192 g/mol. The highest BCUT2D eigenvalue weighted by Gasteiger charge is 2.23. The summed E-state index contributed by atoms with van der Waals surface area (Å²) >= 11 is 0. The van der Waals surface area contributed by atoms with Crippen LogP contribution in [-0.4, -0.2) is 7.85 Å². The van der Waals surface area contributed by atoms with Crippen molar-refractivity contribution in [1.82, 2.24) is 0 Å². The molecule has 0 atom stereocenters. The van der Waals surface area contributed by atoms with E-state index in [9.17, 15) is 0 Å². The maximum Gasteiger partial charge on any atom is 0.0653 e. The van der Waals surface area contributed by atoms with E-state index in [1.807, 2.05) is 0 Å². The van der Waals surface area contributed by atoms with Crippen molar-refractivity contribution in [2.75, 3.05) is 0 Å². The lowest BCUT2D eigenvalue weighted by Gasteiger charge is -2.29. The largest absolute Gasteiger partial charge is 0.0887 e. The molecule has 1 heteroatoms. The molecular weight excluding hydrogens is 167 g/mol. The predicted octanol–water partition coefficient (Wildman–Crippen LogP) is 4.49. The van der Waals surface area contributed by atoms with Gasteiger partial charge < -0.3 is 0 Å². The zero-order valence-corrected chi connectivity index (χ0v) is 9.86. The van der Waals surface area contributed by atoms with Crippen molar-refractivity contribution in [2.24, 2.45) is 5.41 Å². The summed E-state index contributed by atoms with van der Waals surface area (Å²) in [6.45, 7) is 2.48. The molecule has 0 amide bonds. The second-order valence-corrected chi connectivity index (χ2v) is 5.32. The summed E-state index contributed by atoms with van der Waals surface area (Å²) in [5, 5.41) is 0. The van der Waals surface area contributed by atoms with Gasteiger partial charge in [0, 0.05) is 0 Å². The maximum absolute atomic E-state index is 5.61. The van der Waals surface area contributed by atoms with Crippen molar-refractivity contribution < 1.29 is 0 Å². The summed E-state index contributed by atoms with van der Waals surface area (Å²) in [4.78, 5) is 0. The fourth-order valence-corrected chi connectivity index (χ4v) is 2.71. The van der Waals surface area contributed by atoms with Crippen LogP contribution in [0.1, 0.15) is 71.1 Å². The van der Waals surface area contributed by atoms with E-state index in [0.29, 0.717) is 5.41 Å². The third-order valence-electron chi connectivity index (χ3n) is 3.80. The lowest BCUT2D eigenvalue weighted by molar-refractivity contribution is 0.236. The Kier molecular flexibility index (Phi) is 5.66. The fraction of sp³-hybridized carbons (Fsp3) is 1.00. The first-order valence-electron chi connectivity index (χ1n) is 6.47. The van der Waals surface area contributed by atoms with Crippen molar-refractivity contribution in [3.05, 3.63) is 0 Å². The fourth-order valence-electron chi connectivity index (χ4n) is 2.71. The Morgan fingerprint density at radius 1 is 0.929 bits per heavy atom. The zero-order chi connectivity index (χ0) is 10.3. The van der Waals surface area contributed by atoms with Crippen LogP contribution in [0.3, 0.4) is 0 Å². The third kappa shape index (κ3) is 4.53. The van der Waals surface area contributed by atoms with Crippen molar-refractivity contribution in [3.63, 3.8) is 0 Å². The minimum Gasteiger partial charge on any atom is -0.0887 e. The van der Waals surface area contributed by atoms with E-state index in [1.54, 1.807) is 0 Å². The van der Waals surface area contributed by atoms with Gasteiger partial charge in [0.05, 0.1) is 7.85 Å². The molecule has 14 heavy (non-hydrogen) atoms. The first-order chi connectivity index (χ1) is 6.77. The standard InChI is InChI=1S/C13H25B/c1-13(11-8-12-14)9-6-4-2-3-5-7-10-13/h2-12H2,1H3. The number of rotatable bonds is 3. The maximum atomic E-state index is 5.61. The molecule has 0 aromatic heterocycles. The first kappa shape index (κ1) is 12.1. The number of hydrogen-bond donors (Lipinski definition) is 0. The highest BCUT2D eigenvalue weighted by Crippen LogP contribution is 2.37. The molecule has 1 fully saturated rings. The van der Waals surface area contributed by atoms with E-state index >= 15 is 0 Å². The quantitative estimate of drug-likeness (QED) is 0.577. The predicted molar refractivity (Wildman–Crippen MR) is 64.8 cm³/mol. The van der Waals surface area contributed by atoms with E-state index < -0.39 is 0 Å². The van der Waals surface area contributed by atoms with Crippen LogP contribution >= 0.6 is 0 Å². The van der Waals surface area contributed by atoms with Gasteiger partial charge in [-0.05, 0) is 24.7 Å². The molecule has 0 aliphatic heterocycles. The topological polar surface area (TPSA) is 0 Å². The lowest BCUT2D eigenvalue weighted by Crippen LogP contribution is -2.16. The summed E-state index contributed by atoms with van der Waals surface area (Å²) in [5.41, 5.74) is 0.615. The van der Waals surface area contributed by atoms with Crippen molar-refractivity contribution in [3.8, 4) is 0 Å². The van der Waals surface area contributed by atoms with Crippen molar-refractivity contribution in [2.45, 2.75) is 77.5 Å². The molecule has 80 valence electrons. The SMILES string of the molecule is [B]CCCC1(C)CCCCCCCC1. The van der Waals surface area contributed by atoms with Gasteiger partial charge in [-0.25, -0.2) is 0 Å². The first-order valence-corrected chi connectivity index (χ1v) is 6.47. The van der Waals surface area contributed by atoms with Gasteiger partial charge in [-0.3, -0.25) is 0 Å². The van der Waals surface area contributed by atoms with Gasteiger partial charge >= 0.3 is 0 Å². The van der Waals surface area contributed by atoms with Gasteiger partial charge in [0.2, 0.25) is 0 Å². The van der Waals surface area contributed by atoms with E-state index in [2.05, 4.69) is 6.92 Å². The summed E-state index contributed by atoms with van der Waals surface area (Å²) < 4.78 is 0. The van der Waals surface area contributed by atoms with E-state index in [1.165, 1.54) is 64.2 Å². The second kappa shape index (κ2) is 6.53. The summed E-state index contributed by atoms with van der Waals surface area (Å²) in [5.74, 6) is 0. The Morgan fingerprint density at radius 3 is 1.93 bits per heavy atom. The Hall–Kier alpha value is 0.0649. The van der Waals surface area contributed by atoms with E-state index in [-0.39, 0.29) is 0 Å². The van der Waals surface area contributed by atoms with Crippen LogP contribution < -0.4 is 0 Å². The molecule has 0 nitrogen and oxygen atoms in total. The van der Waals surface area contributed by atoms with E-state index in [4.69, 9.17) is 7.85 Å². The summed E-state index contributed by atoms with van der Waals surface area (Å²) in [7, 11) is 5.61. The van der Waals surface area contributed by atoms with Gasteiger partial charge in [0.15, 0.2) is 0 Å². The van der Waals surface area contributed by atoms with Crippen LogP contribution in [0.5, 0.6) is 0 Å². The number of hydrogen-bond acceptors (Lipinski definition) is 0. The molecular formula is C13H25B. The van der Waals surface area contributed by atoms with Gasteiger partial charge in [-0.2, -0.15) is 0 Å². The third-order valence-corrected chi connectivity index (χ3v) is 3.80. The Labute approximate surface area is 91.3 Å². The molecule has 0 aromatic carbocycles. The van der Waals surface area contributed by atoms with Crippen LogP contribution in [0.15, 0.2) is 0 Å². The molecule has 0 spiro atoms. The van der Waals surface area contributed by atoms with Gasteiger partial charge in [0.25, 0.3) is 0 Å². The smallest absolute Gasteiger partial charge is 0.0653 e. The van der Waals surface area contributed by atoms with Crippen LogP contribution in [0.2, 0.25) is 6.32 Å². The van der Waals surface area contributed by atoms with Crippen molar-refractivity contribution >= 4 is 7.85 Å². The molecule has 0 saturated heterocycles. The van der Waals surface area contributed by atoms with Crippen LogP contribution in [0.4, 0.5) is 0 Å². The molecule has 0 aromatic rings. The molecule has 0 bridgehead atoms.